The first-order valence-electron chi connectivity index (χ1n) is 9.42. The molecule has 0 aliphatic carbocycles. The molecule has 152 valence electrons. The smallest absolute Gasteiger partial charge is 0.253 e. The molecule has 1 fully saturated rings. The van der Waals surface area contributed by atoms with E-state index < -0.39 is 11.5 Å². The van der Waals surface area contributed by atoms with Gasteiger partial charge < -0.3 is 15.5 Å². The quantitative estimate of drug-likeness (QED) is 0.798. The summed E-state index contributed by atoms with van der Waals surface area (Å²) in [6.45, 7) is 5.95. The maximum atomic E-state index is 12.8. The van der Waals surface area contributed by atoms with Crippen LogP contribution in [0.25, 0.3) is 0 Å². The van der Waals surface area contributed by atoms with E-state index in [1.165, 1.54) is 0 Å². The molecule has 1 aliphatic heterocycles. The lowest BCUT2D eigenvalue weighted by atomic mass is 10.1. The second kappa shape index (κ2) is 8.25. The van der Waals surface area contributed by atoms with Crippen LogP contribution in [0.1, 0.15) is 37.6 Å². The number of hydrogen-bond acceptors (Lipinski definition) is 3. The first kappa shape index (κ1) is 20.9. The minimum Gasteiger partial charge on any atom is -0.347 e. The molecule has 0 aromatic heterocycles. The number of nitrogens with zero attached hydrogens (tertiary/aromatic N) is 1. The summed E-state index contributed by atoms with van der Waals surface area (Å²) in [6.07, 6.45) is 0.116. The Morgan fingerprint density at radius 2 is 1.72 bits per heavy atom. The van der Waals surface area contributed by atoms with Crippen molar-refractivity contribution in [3.8, 4) is 0 Å². The minimum absolute atomic E-state index is 0.116. The number of amides is 3. The average Bonchev–Trinajstić information content (AvgIpc) is 3.03. The molecular formula is C22H24ClN3O3. The predicted octanol–water partition coefficient (Wildman–Crippen LogP) is 3.86. The fourth-order valence-corrected chi connectivity index (χ4v) is 3.31. The SMILES string of the molecule is CC(C)(C)NC(=O)c1ccccc1NC(=O)[C@@H]1CC(=O)N(c2ccc(Cl)cc2)C1. The van der Waals surface area contributed by atoms with Gasteiger partial charge in [0.2, 0.25) is 11.8 Å². The average molecular weight is 414 g/mol. The van der Waals surface area contributed by atoms with Crippen LogP contribution in [0.5, 0.6) is 0 Å². The van der Waals surface area contributed by atoms with Crippen LogP contribution in [0.4, 0.5) is 11.4 Å². The predicted molar refractivity (Wildman–Crippen MR) is 114 cm³/mol. The van der Waals surface area contributed by atoms with Gasteiger partial charge in [-0.2, -0.15) is 0 Å². The zero-order valence-corrected chi connectivity index (χ0v) is 17.4. The van der Waals surface area contributed by atoms with Gasteiger partial charge in [0.05, 0.1) is 17.2 Å². The molecule has 2 aromatic carbocycles. The third-order valence-electron chi connectivity index (χ3n) is 4.55. The second-order valence-electron chi connectivity index (χ2n) is 8.12. The van der Waals surface area contributed by atoms with Crippen molar-refractivity contribution < 1.29 is 14.4 Å². The highest BCUT2D eigenvalue weighted by molar-refractivity contribution is 6.30. The Labute approximate surface area is 175 Å². The fraction of sp³-hybridized carbons (Fsp3) is 0.318. The Morgan fingerprint density at radius 3 is 2.38 bits per heavy atom. The van der Waals surface area contributed by atoms with Gasteiger partial charge in [-0.1, -0.05) is 23.7 Å². The molecule has 1 atom stereocenters. The number of halogens is 1. The molecule has 7 heteroatoms. The summed E-state index contributed by atoms with van der Waals surface area (Å²) < 4.78 is 0. The molecule has 29 heavy (non-hydrogen) atoms. The maximum Gasteiger partial charge on any atom is 0.253 e. The van der Waals surface area contributed by atoms with Gasteiger partial charge in [-0.05, 0) is 57.2 Å². The molecule has 6 nitrogen and oxygen atoms in total. The third-order valence-corrected chi connectivity index (χ3v) is 4.80. The fourth-order valence-electron chi connectivity index (χ4n) is 3.19. The van der Waals surface area contributed by atoms with E-state index in [1.807, 2.05) is 20.8 Å². The topological polar surface area (TPSA) is 78.5 Å². The number of benzene rings is 2. The van der Waals surface area contributed by atoms with E-state index in [-0.39, 0.29) is 30.7 Å². The summed E-state index contributed by atoms with van der Waals surface area (Å²) in [5.74, 6) is -1.17. The van der Waals surface area contributed by atoms with Gasteiger partial charge in [-0.25, -0.2) is 0 Å². The monoisotopic (exact) mass is 413 g/mol. The summed E-state index contributed by atoms with van der Waals surface area (Å²) in [4.78, 5) is 39.4. The standard InChI is InChI=1S/C22H24ClN3O3/c1-22(2,3)25-21(29)17-6-4-5-7-18(17)24-20(28)14-12-19(27)26(13-14)16-10-8-15(23)9-11-16/h4-11,14H,12-13H2,1-3H3,(H,24,28)(H,25,29)/t14-/m1/s1. The molecule has 3 rings (SSSR count). The van der Waals surface area contributed by atoms with Crippen LogP contribution < -0.4 is 15.5 Å². The zero-order chi connectivity index (χ0) is 21.2. The number of carbonyl (C=O) groups excluding carboxylic acids is 3. The normalized spacial score (nSPS) is 16.6. The van der Waals surface area contributed by atoms with E-state index in [0.717, 1.165) is 0 Å². The first-order chi connectivity index (χ1) is 13.6. The molecule has 2 aromatic rings. The Morgan fingerprint density at radius 1 is 1.07 bits per heavy atom. The summed E-state index contributed by atoms with van der Waals surface area (Å²) in [7, 11) is 0. The summed E-state index contributed by atoms with van der Waals surface area (Å²) >= 11 is 5.90. The van der Waals surface area contributed by atoms with Gasteiger partial charge in [-0.3, -0.25) is 14.4 Å². The molecule has 2 N–H and O–H groups in total. The summed E-state index contributed by atoms with van der Waals surface area (Å²) in [6, 6.07) is 13.8. The summed E-state index contributed by atoms with van der Waals surface area (Å²) in [5, 5.41) is 6.30. The van der Waals surface area contributed by atoms with Crippen LogP contribution in [0.15, 0.2) is 48.5 Å². The number of nitrogens with one attached hydrogen (secondary N) is 2. The molecule has 3 amide bonds. The molecule has 0 bridgehead atoms. The second-order valence-corrected chi connectivity index (χ2v) is 8.56. The summed E-state index contributed by atoms with van der Waals surface area (Å²) in [5.41, 5.74) is 1.12. The van der Waals surface area contributed by atoms with Crippen molar-refractivity contribution in [1.82, 2.24) is 5.32 Å². The number of hydrogen-bond donors (Lipinski definition) is 2. The van der Waals surface area contributed by atoms with Crippen LogP contribution >= 0.6 is 11.6 Å². The Balaban J connectivity index is 1.72. The highest BCUT2D eigenvalue weighted by atomic mass is 35.5. The number of anilines is 2. The van der Waals surface area contributed by atoms with Crippen molar-refractivity contribution in [1.29, 1.82) is 0 Å². The van der Waals surface area contributed by atoms with E-state index in [2.05, 4.69) is 10.6 Å². The van der Waals surface area contributed by atoms with Crippen LogP contribution in [-0.4, -0.2) is 29.8 Å². The minimum atomic E-state index is -0.503. The Hall–Kier alpha value is -2.86. The molecular weight excluding hydrogens is 390 g/mol. The molecule has 0 spiro atoms. The number of para-hydroxylation sites is 1. The van der Waals surface area contributed by atoms with Crippen molar-refractivity contribution in [3.63, 3.8) is 0 Å². The first-order valence-corrected chi connectivity index (χ1v) is 9.80. The van der Waals surface area contributed by atoms with Crippen molar-refractivity contribution in [2.75, 3.05) is 16.8 Å². The van der Waals surface area contributed by atoms with E-state index >= 15 is 0 Å². The van der Waals surface area contributed by atoms with Crippen LogP contribution in [-0.2, 0) is 9.59 Å². The van der Waals surface area contributed by atoms with Gasteiger partial charge in [0.25, 0.3) is 5.91 Å². The lowest BCUT2D eigenvalue weighted by molar-refractivity contribution is -0.122. The van der Waals surface area contributed by atoms with Crippen LogP contribution in [0.3, 0.4) is 0 Å². The van der Waals surface area contributed by atoms with E-state index in [9.17, 15) is 14.4 Å². The lowest BCUT2D eigenvalue weighted by Gasteiger charge is -2.22. The van der Waals surface area contributed by atoms with Crippen molar-refractivity contribution >= 4 is 40.7 Å². The molecule has 1 aliphatic rings. The van der Waals surface area contributed by atoms with Crippen molar-refractivity contribution in [2.45, 2.75) is 32.7 Å². The Bertz CT molecular complexity index is 935. The van der Waals surface area contributed by atoms with Gasteiger partial charge >= 0.3 is 0 Å². The highest BCUT2D eigenvalue weighted by Crippen LogP contribution is 2.27. The van der Waals surface area contributed by atoms with E-state index in [1.54, 1.807) is 53.4 Å². The van der Waals surface area contributed by atoms with Gasteiger partial charge in [0.1, 0.15) is 0 Å². The third kappa shape index (κ3) is 5.15. The highest BCUT2D eigenvalue weighted by Gasteiger charge is 2.35. The molecule has 0 unspecified atom stereocenters. The Kier molecular flexibility index (Phi) is 5.94. The molecule has 0 saturated carbocycles. The van der Waals surface area contributed by atoms with Gasteiger partial charge in [0, 0.05) is 29.2 Å². The molecule has 1 heterocycles. The van der Waals surface area contributed by atoms with E-state index in [4.69, 9.17) is 11.6 Å². The van der Waals surface area contributed by atoms with Crippen molar-refractivity contribution in [2.24, 2.45) is 5.92 Å². The lowest BCUT2D eigenvalue weighted by Crippen LogP contribution is -2.41. The van der Waals surface area contributed by atoms with Gasteiger partial charge in [0.15, 0.2) is 0 Å². The number of rotatable bonds is 4. The molecule has 1 saturated heterocycles. The maximum absolute atomic E-state index is 12.8. The molecule has 0 radical (unpaired) electrons. The van der Waals surface area contributed by atoms with Crippen molar-refractivity contribution in [3.05, 3.63) is 59.1 Å². The van der Waals surface area contributed by atoms with Crippen LogP contribution in [0.2, 0.25) is 5.02 Å². The van der Waals surface area contributed by atoms with Crippen LogP contribution in [0, 0.1) is 5.92 Å². The van der Waals surface area contributed by atoms with Gasteiger partial charge in [-0.15, -0.1) is 0 Å². The number of carbonyl (C=O) groups is 3. The largest absolute Gasteiger partial charge is 0.347 e. The zero-order valence-electron chi connectivity index (χ0n) is 16.7. The van der Waals surface area contributed by atoms with E-state index in [0.29, 0.717) is 22.0 Å².